The van der Waals surface area contributed by atoms with Gasteiger partial charge in [-0.25, -0.2) is 4.98 Å². The van der Waals surface area contributed by atoms with Gasteiger partial charge in [0.15, 0.2) is 0 Å². The maximum Gasteiger partial charge on any atom is 0.122 e. The van der Waals surface area contributed by atoms with Crippen LogP contribution in [0.4, 0.5) is 0 Å². The van der Waals surface area contributed by atoms with Crippen LogP contribution < -0.4 is 0 Å². The molecule has 0 aliphatic rings. The van der Waals surface area contributed by atoms with Gasteiger partial charge in [0.2, 0.25) is 0 Å². The highest BCUT2D eigenvalue weighted by Crippen LogP contribution is 2.11. The average Bonchev–Trinajstić information content (AvgIpc) is 2.89. The van der Waals surface area contributed by atoms with Crippen LogP contribution in [0.25, 0.3) is 0 Å². The largest absolute Gasteiger partial charge is 0.465 e. The Balaban J connectivity index is 1.93. The van der Waals surface area contributed by atoms with Crippen molar-refractivity contribution in [2.45, 2.75) is 26.4 Å². The number of furan rings is 1. The Morgan fingerprint density at radius 1 is 1.29 bits per heavy atom. The second kappa shape index (κ2) is 5.19. The molecule has 17 heavy (non-hydrogen) atoms. The van der Waals surface area contributed by atoms with Gasteiger partial charge in [0.25, 0.3) is 0 Å². The number of aromatic nitrogens is 2. The first kappa shape index (κ1) is 11.9. The highest BCUT2D eigenvalue weighted by atomic mass is 16.3. The molecule has 0 radical (unpaired) electrons. The predicted octanol–water partition coefficient (Wildman–Crippen LogP) is 2.21. The van der Waals surface area contributed by atoms with Crippen LogP contribution in [0, 0.1) is 0 Å². The van der Waals surface area contributed by atoms with Gasteiger partial charge >= 0.3 is 0 Å². The van der Waals surface area contributed by atoms with Crippen LogP contribution in [0.1, 0.15) is 24.3 Å². The van der Waals surface area contributed by atoms with Crippen LogP contribution >= 0.6 is 0 Å². The zero-order valence-electron chi connectivity index (χ0n) is 10.7. The highest BCUT2D eigenvalue weighted by molar-refractivity contribution is 5.07. The van der Waals surface area contributed by atoms with Gasteiger partial charge in [-0.2, -0.15) is 0 Å². The number of nitrogens with zero attached hydrogens (tertiary/aromatic N) is 3. The van der Waals surface area contributed by atoms with E-state index in [2.05, 4.69) is 23.9 Å². The lowest BCUT2D eigenvalue weighted by Crippen LogP contribution is -2.19. The van der Waals surface area contributed by atoms with Crippen LogP contribution in [0.2, 0.25) is 0 Å². The van der Waals surface area contributed by atoms with Crippen LogP contribution in [-0.2, 0) is 26.6 Å². The van der Waals surface area contributed by atoms with Crippen LogP contribution in [0.5, 0.6) is 0 Å². The van der Waals surface area contributed by atoms with Crippen molar-refractivity contribution in [3.05, 3.63) is 41.9 Å². The average molecular weight is 233 g/mol. The smallest absolute Gasteiger partial charge is 0.122 e. The van der Waals surface area contributed by atoms with E-state index in [4.69, 9.17) is 4.42 Å². The van der Waals surface area contributed by atoms with Gasteiger partial charge in [-0.1, -0.05) is 6.92 Å². The van der Waals surface area contributed by atoms with Gasteiger partial charge in [-0.3, -0.25) is 4.90 Å². The topological polar surface area (TPSA) is 34.2 Å². The SMILES string of the molecule is CCc1ccc(CN(C)Cc2nccn2C)o1. The van der Waals surface area contributed by atoms with Crippen LogP contribution in [0.15, 0.2) is 28.9 Å². The first-order valence-corrected chi connectivity index (χ1v) is 5.91. The standard InChI is InChI=1S/C13H19N3O/c1-4-11-5-6-12(17-11)9-15(2)10-13-14-7-8-16(13)3/h5-8H,4,9-10H2,1-3H3. The predicted molar refractivity (Wildman–Crippen MR) is 66.5 cm³/mol. The van der Waals surface area contributed by atoms with E-state index in [-0.39, 0.29) is 0 Å². The molecule has 0 bridgehead atoms. The molecule has 0 fully saturated rings. The minimum absolute atomic E-state index is 0.812. The van der Waals surface area contributed by atoms with E-state index in [0.29, 0.717) is 0 Å². The molecule has 0 spiro atoms. The fraction of sp³-hybridized carbons (Fsp3) is 0.462. The number of rotatable bonds is 5. The normalized spacial score (nSPS) is 11.3. The van der Waals surface area contributed by atoms with Crippen molar-refractivity contribution in [3.8, 4) is 0 Å². The van der Waals surface area contributed by atoms with Gasteiger partial charge in [-0.05, 0) is 19.2 Å². The molecule has 4 nitrogen and oxygen atoms in total. The Morgan fingerprint density at radius 3 is 2.65 bits per heavy atom. The third-order valence-corrected chi connectivity index (χ3v) is 2.82. The number of imidazole rings is 1. The fourth-order valence-electron chi connectivity index (χ4n) is 1.81. The lowest BCUT2D eigenvalue weighted by Gasteiger charge is -2.14. The Morgan fingerprint density at radius 2 is 2.06 bits per heavy atom. The number of aryl methyl sites for hydroxylation is 2. The summed E-state index contributed by atoms with van der Waals surface area (Å²) in [7, 11) is 4.08. The van der Waals surface area contributed by atoms with Crippen molar-refractivity contribution < 1.29 is 4.42 Å². The molecule has 4 heteroatoms. The number of hydrogen-bond acceptors (Lipinski definition) is 3. The van der Waals surface area contributed by atoms with E-state index >= 15 is 0 Å². The molecule has 0 unspecified atom stereocenters. The Labute approximate surface area is 102 Å². The van der Waals surface area contributed by atoms with Crippen LogP contribution in [-0.4, -0.2) is 21.5 Å². The molecule has 2 aromatic rings. The van der Waals surface area contributed by atoms with E-state index in [9.17, 15) is 0 Å². The van der Waals surface area contributed by atoms with E-state index in [1.54, 1.807) is 0 Å². The molecule has 2 aromatic heterocycles. The summed E-state index contributed by atoms with van der Waals surface area (Å²) in [4.78, 5) is 6.50. The summed E-state index contributed by atoms with van der Waals surface area (Å²) < 4.78 is 7.72. The molecule has 0 aliphatic carbocycles. The van der Waals surface area contributed by atoms with Gasteiger partial charge in [0, 0.05) is 25.9 Å². The second-order valence-electron chi connectivity index (χ2n) is 4.35. The third kappa shape index (κ3) is 2.97. The second-order valence-corrected chi connectivity index (χ2v) is 4.35. The Kier molecular flexibility index (Phi) is 3.64. The van der Waals surface area contributed by atoms with Crippen molar-refractivity contribution in [2.75, 3.05) is 7.05 Å². The van der Waals surface area contributed by atoms with E-state index in [1.807, 2.05) is 36.1 Å². The van der Waals surface area contributed by atoms with Gasteiger partial charge in [-0.15, -0.1) is 0 Å². The first-order chi connectivity index (χ1) is 8.19. The first-order valence-electron chi connectivity index (χ1n) is 5.91. The van der Waals surface area contributed by atoms with Gasteiger partial charge < -0.3 is 8.98 Å². The van der Waals surface area contributed by atoms with Crippen LogP contribution in [0.3, 0.4) is 0 Å². The van der Waals surface area contributed by atoms with Crippen molar-refractivity contribution in [3.63, 3.8) is 0 Å². The molecule has 0 atom stereocenters. The van der Waals surface area contributed by atoms with E-state index in [1.165, 1.54) is 0 Å². The highest BCUT2D eigenvalue weighted by Gasteiger charge is 2.07. The zero-order chi connectivity index (χ0) is 12.3. The maximum atomic E-state index is 5.68. The lowest BCUT2D eigenvalue weighted by atomic mass is 10.3. The molecule has 0 N–H and O–H groups in total. The maximum absolute atomic E-state index is 5.68. The summed E-state index contributed by atoms with van der Waals surface area (Å²) in [5.41, 5.74) is 0. The van der Waals surface area contributed by atoms with Crippen molar-refractivity contribution >= 4 is 0 Å². The molecule has 2 heterocycles. The summed E-state index contributed by atoms with van der Waals surface area (Å²) in [5.74, 6) is 3.12. The minimum atomic E-state index is 0.812. The number of hydrogen-bond donors (Lipinski definition) is 0. The van der Waals surface area contributed by atoms with Crippen molar-refractivity contribution in [1.29, 1.82) is 0 Å². The van der Waals surface area contributed by atoms with Gasteiger partial charge in [0.05, 0.1) is 13.1 Å². The van der Waals surface area contributed by atoms with Crippen molar-refractivity contribution in [2.24, 2.45) is 7.05 Å². The summed E-state index contributed by atoms with van der Waals surface area (Å²) >= 11 is 0. The minimum Gasteiger partial charge on any atom is -0.465 e. The molecule has 0 aromatic carbocycles. The summed E-state index contributed by atoms with van der Waals surface area (Å²) in [6.07, 6.45) is 4.74. The third-order valence-electron chi connectivity index (χ3n) is 2.82. The monoisotopic (exact) mass is 233 g/mol. The van der Waals surface area contributed by atoms with E-state index in [0.717, 1.165) is 36.9 Å². The van der Waals surface area contributed by atoms with Crippen molar-refractivity contribution in [1.82, 2.24) is 14.5 Å². The molecule has 0 saturated carbocycles. The zero-order valence-corrected chi connectivity index (χ0v) is 10.7. The Bertz CT molecular complexity index is 472. The molecule has 0 amide bonds. The molecule has 92 valence electrons. The molecule has 2 rings (SSSR count). The Hall–Kier alpha value is -1.55. The summed E-state index contributed by atoms with van der Waals surface area (Å²) in [6, 6.07) is 4.09. The van der Waals surface area contributed by atoms with E-state index < -0.39 is 0 Å². The molecular formula is C13H19N3O. The summed E-state index contributed by atoms with van der Waals surface area (Å²) in [5, 5.41) is 0. The molecular weight excluding hydrogens is 214 g/mol. The molecule has 0 saturated heterocycles. The molecule has 0 aliphatic heterocycles. The lowest BCUT2D eigenvalue weighted by molar-refractivity contribution is 0.275. The quantitative estimate of drug-likeness (QED) is 0.794. The fourth-order valence-corrected chi connectivity index (χ4v) is 1.81. The summed E-state index contributed by atoms with van der Waals surface area (Å²) in [6.45, 7) is 3.73. The van der Waals surface area contributed by atoms with Gasteiger partial charge in [0.1, 0.15) is 17.3 Å².